The van der Waals surface area contributed by atoms with Gasteiger partial charge in [-0.1, -0.05) is 23.7 Å². The Balaban J connectivity index is 1.51. The van der Waals surface area contributed by atoms with E-state index in [0.29, 0.717) is 48.8 Å². The molecule has 0 unspecified atom stereocenters. The molecule has 0 bridgehead atoms. The predicted octanol–water partition coefficient (Wildman–Crippen LogP) is 1.83. The van der Waals surface area contributed by atoms with Crippen LogP contribution < -0.4 is 5.32 Å². The molecule has 0 aliphatic carbocycles. The number of carbonyl (C=O) groups is 2. The van der Waals surface area contributed by atoms with E-state index in [4.69, 9.17) is 16.7 Å². The first-order chi connectivity index (χ1) is 15.9. The fourth-order valence-electron chi connectivity index (χ4n) is 3.96. The lowest BCUT2D eigenvalue weighted by Crippen LogP contribution is -2.55. The zero-order chi connectivity index (χ0) is 23.4. The lowest BCUT2D eigenvalue weighted by molar-refractivity contribution is -0.135. The van der Waals surface area contributed by atoms with Crippen LogP contribution in [0, 0.1) is 5.82 Å². The highest BCUT2D eigenvalue weighted by molar-refractivity contribution is 6.31. The van der Waals surface area contributed by atoms with Crippen molar-refractivity contribution < 1.29 is 19.1 Å². The second-order valence-electron chi connectivity index (χ2n) is 8.02. The third-order valence-electron chi connectivity index (χ3n) is 5.74. The molecule has 0 radical (unpaired) electrons. The van der Waals surface area contributed by atoms with Crippen LogP contribution in [-0.2, 0) is 11.2 Å². The molecule has 3 aromatic rings. The van der Waals surface area contributed by atoms with E-state index < -0.39 is 11.9 Å². The smallest absolute Gasteiger partial charge is 0.268 e. The number of β-amino-alcohol motifs (C(OH)–C–C–N with tert-alkyl or cyclic N) is 1. The summed E-state index contributed by atoms with van der Waals surface area (Å²) in [7, 11) is 0. The van der Waals surface area contributed by atoms with E-state index in [1.165, 1.54) is 18.3 Å². The second kappa shape index (κ2) is 10.3. The van der Waals surface area contributed by atoms with Crippen molar-refractivity contribution in [3.05, 3.63) is 64.7 Å². The van der Waals surface area contributed by atoms with Gasteiger partial charge in [0.15, 0.2) is 0 Å². The van der Waals surface area contributed by atoms with Crippen LogP contribution in [-0.4, -0.2) is 82.1 Å². The van der Waals surface area contributed by atoms with Crippen molar-refractivity contribution in [3.63, 3.8) is 0 Å². The maximum Gasteiger partial charge on any atom is 0.268 e. The lowest BCUT2D eigenvalue weighted by atomic mass is 10.0. The van der Waals surface area contributed by atoms with Crippen LogP contribution in [0.2, 0.25) is 5.02 Å². The summed E-state index contributed by atoms with van der Waals surface area (Å²) in [5, 5.41) is 13.1. The average Bonchev–Trinajstić information content (AvgIpc) is 3.24. The zero-order valence-electron chi connectivity index (χ0n) is 17.9. The predicted molar refractivity (Wildman–Crippen MR) is 123 cm³/mol. The molecular weight excluding hydrogens is 449 g/mol. The van der Waals surface area contributed by atoms with Gasteiger partial charge in [-0.15, -0.1) is 0 Å². The van der Waals surface area contributed by atoms with Gasteiger partial charge in [0.1, 0.15) is 23.2 Å². The van der Waals surface area contributed by atoms with Crippen LogP contribution in [0.4, 0.5) is 4.39 Å². The number of halogens is 2. The SMILES string of the molecule is O=C(N[C@@H](Cc1ccc(F)cc1)C(=O)N1CCN(CCO)CC1)c1cc2cc(Cl)cnc2[nH]1. The second-order valence-corrected chi connectivity index (χ2v) is 8.46. The van der Waals surface area contributed by atoms with Crippen molar-refractivity contribution in [3.8, 4) is 0 Å². The first-order valence-electron chi connectivity index (χ1n) is 10.7. The van der Waals surface area contributed by atoms with E-state index in [0.717, 1.165) is 5.56 Å². The monoisotopic (exact) mass is 473 g/mol. The summed E-state index contributed by atoms with van der Waals surface area (Å²) >= 11 is 5.98. The molecule has 1 aliphatic heterocycles. The molecule has 1 aromatic carbocycles. The van der Waals surface area contributed by atoms with Crippen molar-refractivity contribution in [1.82, 2.24) is 25.1 Å². The van der Waals surface area contributed by atoms with Crippen LogP contribution >= 0.6 is 11.6 Å². The highest BCUT2D eigenvalue weighted by atomic mass is 35.5. The minimum atomic E-state index is -0.824. The van der Waals surface area contributed by atoms with Crippen molar-refractivity contribution in [2.45, 2.75) is 12.5 Å². The number of nitrogens with zero attached hydrogens (tertiary/aromatic N) is 3. The van der Waals surface area contributed by atoms with Crippen LogP contribution in [0.1, 0.15) is 16.1 Å². The molecule has 1 aliphatic rings. The average molecular weight is 474 g/mol. The van der Waals surface area contributed by atoms with Gasteiger partial charge >= 0.3 is 0 Å². The Bertz CT molecular complexity index is 1130. The number of aliphatic hydroxyl groups excluding tert-OH is 1. The van der Waals surface area contributed by atoms with Gasteiger partial charge in [-0.25, -0.2) is 9.37 Å². The number of H-pyrrole nitrogens is 1. The molecule has 33 heavy (non-hydrogen) atoms. The van der Waals surface area contributed by atoms with Crippen LogP contribution in [0.15, 0.2) is 42.6 Å². The third kappa shape index (κ3) is 5.68. The molecule has 1 fully saturated rings. The largest absolute Gasteiger partial charge is 0.395 e. The summed E-state index contributed by atoms with van der Waals surface area (Å²) in [6.45, 7) is 2.95. The Kier molecular flexibility index (Phi) is 7.22. The maximum absolute atomic E-state index is 13.3. The number of amides is 2. The van der Waals surface area contributed by atoms with E-state index in [9.17, 15) is 14.0 Å². The summed E-state index contributed by atoms with van der Waals surface area (Å²) < 4.78 is 13.3. The van der Waals surface area contributed by atoms with Crippen LogP contribution in [0.3, 0.4) is 0 Å². The van der Waals surface area contributed by atoms with E-state index in [1.807, 2.05) is 0 Å². The number of rotatable bonds is 7. The third-order valence-corrected chi connectivity index (χ3v) is 5.94. The van der Waals surface area contributed by atoms with Crippen molar-refractivity contribution in [2.24, 2.45) is 0 Å². The molecule has 10 heteroatoms. The Hall–Kier alpha value is -3.01. The maximum atomic E-state index is 13.3. The van der Waals surface area contributed by atoms with E-state index in [1.54, 1.807) is 29.2 Å². The van der Waals surface area contributed by atoms with Crippen molar-refractivity contribution in [2.75, 3.05) is 39.3 Å². The number of carbonyl (C=O) groups excluding carboxylic acids is 2. The summed E-state index contributed by atoms with van der Waals surface area (Å²) in [5.41, 5.74) is 1.52. The summed E-state index contributed by atoms with van der Waals surface area (Å²) in [5.74, 6) is -1.01. The molecule has 0 spiro atoms. The summed E-state index contributed by atoms with van der Waals surface area (Å²) in [6, 6.07) is 8.39. The van der Waals surface area contributed by atoms with Gasteiger partial charge in [0.25, 0.3) is 5.91 Å². The molecule has 0 saturated carbocycles. The topological polar surface area (TPSA) is 102 Å². The van der Waals surface area contributed by atoms with Gasteiger partial charge in [-0.05, 0) is 29.8 Å². The molecule has 8 nitrogen and oxygen atoms in total. The van der Waals surface area contributed by atoms with E-state index in [-0.39, 0.29) is 30.4 Å². The normalized spacial score (nSPS) is 15.5. The number of aromatic amines is 1. The molecule has 2 amide bonds. The quantitative estimate of drug-likeness (QED) is 0.486. The molecule has 2 aromatic heterocycles. The lowest BCUT2D eigenvalue weighted by Gasteiger charge is -2.36. The Labute approximate surface area is 195 Å². The molecule has 3 heterocycles. The molecule has 174 valence electrons. The van der Waals surface area contributed by atoms with Crippen molar-refractivity contribution >= 4 is 34.4 Å². The first kappa shape index (κ1) is 23.2. The van der Waals surface area contributed by atoms with E-state index >= 15 is 0 Å². The number of piperazine rings is 1. The van der Waals surface area contributed by atoms with Gasteiger partial charge in [0.2, 0.25) is 5.91 Å². The number of fused-ring (bicyclic) bond motifs is 1. The highest BCUT2D eigenvalue weighted by Crippen LogP contribution is 2.18. The molecule has 1 atom stereocenters. The van der Waals surface area contributed by atoms with Crippen LogP contribution in [0.25, 0.3) is 11.0 Å². The number of benzene rings is 1. The minimum Gasteiger partial charge on any atom is -0.395 e. The highest BCUT2D eigenvalue weighted by Gasteiger charge is 2.29. The standard InChI is InChI=1S/C23H25ClFN5O3/c24-17-12-16-13-19(27-21(16)26-14-17)22(32)28-20(11-15-1-3-18(25)4-2-15)23(33)30-7-5-29(6-8-30)9-10-31/h1-4,12-14,20,31H,5-11H2,(H,26,27)(H,28,32)/t20-/m0/s1. The minimum absolute atomic E-state index is 0.0712. The van der Waals surface area contributed by atoms with E-state index in [2.05, 4.69) is 20.2 Å². The number of nitrogens with one attached hydrogen (secondary N) is 2. The van der Waals surface area contributed by atoms with Crippen molar-refractivity contribution in [1.29, 1.82) is 0 Å². The number of hydrogen-bond acceptors (Lipinski definition) is 5. The van der Waals surface area contributed by atoms with Crippen LogP contribution in [0.5, 0.6) is 0 Å². The first-order valence-corrected chi connectivity index (χ1v) is 11.1. The summed E-state index contributed by atoms with van der Waals surface area (Å²) in [4.78, 5) is 37.3. The molecule has 1 saturated heterocycles. The Morgan fingerprint density at radius 3 is 2.61 bits per heavy atom. The van der Waals surface area contributed by atoms with Gasteiger partial charge in [0.05, 0.1) is 11.6 Å². The molecule has 4 rings (SSSR count). The van der Waals surface area contributed by atoms with Gasteiger partial charge in [0, 0.05) is 50.7 Å². The van der Waals surface area contributed by atoms with Gasteiger partial charge < -0.3 is 20.3 Å². The number of pyridine rings is 1. The Morgan fingerprint density at radius 2 is 1.91 bits per heavy atom. The number of aromatic nitrogens is 2. The summed E-state index contributed by atoms with van der Waals surface area (Å²) in [6.07, 6.45) is 1.71. The zero-order valence-corrected chi connectivity index (χ0v) is 18.7. The number of aliphatic hydroxyl groups is 1. The van der Waals surface area contributed by atoms with Gasteiger partial charge in [-0.2, -0.15) is 0 Å². The van der Waals surface area contributed by atoms with Gasteiger partial charge in [-0.3, -0.25) is 14.5 Å². The Morgan fingerprint density at radius 1 is 1.18 bits per heavy atom. The fourth-order valence-corrected chi connectivity index (χ4v) is 4.12. The number of hydrogen-bond donors (Lipinski definition) is 3. The fraction of sp³-hybridized carbons (Fsp3) is 0.348. The molecule has 3 N–H and O–H groups in total. The molecular formula is C23H25ClFN5O3.